The largest absolute Gasteiger partial charge is 0.343 e. The lowest BCUT2D eigenvalue weighted by molar-refractivity contribution is -0.117. The van der Waals surface area contributed by atoms with Gasteiger partial charge in [0.1, 0.15) is 5.70 Å². The minimum absolute atomic E-state index is 0.0345. The first-order valence-corrected chi connectivity index (χ1v) is 12.0. The van der Waals surface area contributed by atoms with Crippen molar-refractivity contribution in [1.29, 1.82) is 0 Å². The van der Waals surface area contributed by atoms with Gasteiger partial charge in [0, 0.05) is 31.5 Å². The maximum atomic E-state index is 13.0. The van der Waals surface area contributed by atoms with E-state index in [2.05, 4.69) is 10.6 Å². The first-order valence-electron chi connectivity index (χ1n) is 10.8. The Bertz CT molecular complexity index is 1380. The van der Waals surface area contributed by atoms with Gasteiger partial charge in [-0.05, 0) is 36.4 Å². The Morgan fingerprint density at radius 3 is 2.09 bits per heavy atom. The number of amides is 2. The highest BCUT2D eigenvalue weighted by atomic mass is 35.5. The van der Waals surface area contributed by atoms with Gasteiger partial charge in [-0.25, -0.2) is 0 Å². The summed E-state index contributed by atoms with van der Waals surface area (Å²) in [4.78, 5) is 39.9. The number of hydrogen-bond donors (Lipinski definition) is 2. The van der Waals surface area contributed by atoms with Crippen LogP contribution in [0.4, 0.5) is 0 Å². The van der Waals surface area contributed by atoms with Crippen molar-refractivity contribution < 1.29 is 14.4 Å². The van der Waals surface area contributed by atoms with Crippen molar-refractivity contribution in [3.63, 3.8) is 0 Å². The molecular formula is C28H21ClN2O3S. The number of carbonyl (C=O) groups is 3. The average molecular weight is 501 g/mol. The van der Waals surface area contributed by atoms with Crippen molar-refractivity contribution in [1.82, 2.24) is 10.6 Å². The second-order valence-electron chi connectivity index (χ2n) is 7.53. The number of Topliss-reactive ketones (excluding diaryl/α,β-unsaturated/α-hetero) is 1. The summed E-state index contributed by atoms with van der Waals surface area (Å²) in [5, 5.41) is 5.93. The molecule has 1 heterocycles. The Labute approximate surface area is 212 Å². The molecule has 7 heteroatoms. The van der Waals surface area contributed by atoms with Gasteiger partial charge in [-0.3, -0.25) is 14.4 Å². The van der Waals surface area contributed by atoms with Crippen LogP contribution >= 0.6 is 22.9 Å². The molecule has 0 unspecified atom stereocenters. The van der Waals surface area contributed by atoms with Crippen molar-refractivity contribution in [2.75, 3.05) is 6.54 Å². The first kappa shape index (κ1) is 24.1. The fourth-order valence-electron chi connectivity index (χ4n) is 3.30. The van der Waals surface area contributed by atoms with E-state index >= 15 is 0 Å². The summed E-state index contributed by atoms with van der Waals surface area (Å²) in [6.45, 7) is -0.198. The van der Waals surface area contributed by atoms with Crippen LogP contribution in [0.25, 0.3) is 16.5 Å². The van der Waals surface area contributed by atoms with Gasteiger partial charge >= 0.3 is 0 Å². The zero-order valence-electron chi connectivity index (χ0n) is 18.5. The zero-order valence-corrected chi connectivity index (χ0v) is 20.1. The van der Waals surface area contributed by atoms with Crippen LogP contribution in [-0.2, 0) is 4.79 Å². The van der Waals surface area contributed by atoms with Gasteiger partial charge in [-0.2, -0.15) is 0 Å². The van der Waals surface area contributed by atoms with Gasteiger partial charge in [0.2, 0.25) is 0 Å². The van der Waals surface area contributed by atoms with E-state index in [1.807, 2.05) is 42.5 Å². The first-order chi connectivity index (χ1) is 17.0. The third kappa shape index (κ3) is 6.32. The predicted molar refractivity (Wildman–Crippen MR) is 140 cm³/mol. The highest BCUT2D eigenvalue weighted by Crippen LogP contribution is 2.33. The van der Waals surface area contributed by atoms with Gasteiger partial charge in [-0.1, -0.05) is 78.3 Å². The third-order valence-corrected chi connectivity index (χ3v) is 6.48. The van der Waals surface area contributed by atoms with Crippen LogP contribution in [0.5, 0.6) is 0 Å². The van der Waals surface area contributed by atoms with E-state index in [9.17, 15) is 14.4 Å². The van der Waals surface area contributed by atoms with E-state index in [0.717, 1.165) is 15.3 Å². The Hall–Kier alpha value is -4.00. The maximum absolute atomic E-state index is 13.0. The standard InChI is InChI=1S/C28H21ClN2O3S/c29-23-14-8-7-13-22(23)26-16-15-21(35-26)17-24(31-27(33)20-11-5-2-6-12-20)28(34)30-18-25(32)19-9-3-1-4-10-19/h1-17H,18H2,(H,30,34)(H,31,33)/b24-17-. The van der Waals surface area contributed by atoms with E-state index in [-0.39, 0.29) is 18.0 Å². The molecule has 35 heavy (non-hydrogen) atoms. The molecule has 0 spiro atoms. The molecule has 4 aromatic rings. The van der Waals surface area contributed by atoms with E-state index in [1.54, 1.807) is 60.7 Å². The van der Waals surface area contributed by atoms with Crippen LogP contribution < -0.4 is 10.6 Å². The summed E-state index contributed by atoms with van der Waals surface area (Å²) in [6, 6.07) is 28.5. The number of hydrogen-bond acceptors (Lipinski definition) is 4. The molecule has 2 N–H and O–H groups in total. The Morgan fingerprint density at radius 1 is 0.771 bits per heavy atom. The number of carbonyl (C=O) groups excluding carboxylic acids is 3. The van der Waals surface area contributed by atoms with Gasteiger partial charge < -0.3 is 10.6 Å². The molecule has 4 rings (SSSR count). The van der Waals surface area contributed by atoms with Gasteiger partial charge in [0.05, 0.1) is 6.54 Å². The smallest absolute Gasteiger partial charge is 0.268 e. The van der Waals surface area contributed by atoms with Gasteiger partial charge in [-0.15, -0.1) is 11.3 Å². The highest BCUT2D eigenvalue weighted by molar-refractivity contribution is 7.16. The zero-order chi connectivity index (χ0) is 24.6. The summed E-state index contributed by atoms with van der Waals surface area (Å²) in [5.74, 6) is -1.22. The van der Waals surface area contributed by atoms with Crippen LogP contribution in [0.15, 0.2) is 103 Å². The van der Waals surface area contributed by atoms with E-state index in [1.165, 1.54) is 11.3 Å². The number of ketones is 1. The van der Waals surface area contributed by atoms with Crippen LogP contribution in [-0.4, -0.2) is 24.1 Å². The molecule has 2 amide bonds. The summed E-state index contributed by atoms with van der Waals surface area (Å²) in [5.41, 5.74) is 1.82. The number of rotatable bonds is 8. The third-order valence-electron chi connectivity index (χ3n) is 5.09. The highest BCUT2D eigenvalue weighted by Gasteiger charge is 2.17. The molecular weight excluding hydrogens is 480 g/mol. The van der Waals surface area contributed by atoms with Crippen molar-refractivity contribution >= 4 is 46.6 Å². The van der Waals surface area contributed by atoms with E-state index < -0.39 is 11.8 Å². The Kier molecular flexibility index (Phi) is 7.88. The molecule has 0 atom stereocenters. The molecule has 0 aliphatic rings. The van der Waals surface area contributed by atoms with Crippen molar-refractivity contribution in [2.24, 2.45) is 0 Å². The molecule has 0 saturated heterocycles. The molecule has 0 radical (unpaired) electrons. The topological polar surface area (TPSA) is 75.3 Å². The molecule has 0 aliphatic heterocycles. The minimum Gasteiger partial charge on any atom is -0.343 e. The van der Waals surface area contributed by atoms with Crippen molar-refractivity contribution in [3.8, 4) is 10.4 Å². The molecule has 1 aromatic heterocycles. The minimum atomic E-state index is -0.564. The molecule has 0 fully saturated rings. The summed E-state index contributed by atoms with van der Waals surface area (Å²) in [6.07, 6.45) is 1.59. The van der Waals surface area contributed by atoms with Crippen molar-refractivity contribution in [3.05, 3.63) is 124 Å². The van der Waals surface area contributed by atoms with Crippen LogP contribution in [0.3, 0.4) is 0 Å². The SMILES string of the molecule is O=C(NCC(=O)c1ccccc1)/C(=C/c1ccc(-c2ccccc2Cl)s1)NC(=O)c1ccccc1. The monoisotopic (exact) mass is 500 g/mol. The summed E-state index contributed by atoms with van der Waals surface area (Å²) in [7, 11) is 0. The Morgan fingerprint density at radius 2 is 1.40 bits per heavy atom. The fraction of sp³-hybridized carbons (Fsp3) is 0.0357. The summed E-state index contributed by atoms with van der Waals surface area (Å²) < 4.78 is 0. The molecule has 0 saturated carbocycles. The molecule has 0 bridgehead atoms. The maximum Gasteiger partial charge on any atom is 0.268 e. The van der Waals surface area contributed by atoms with E-state index in [4.69, 9.17) is 11.6 Å². The number of halogens is 1. The number of thiophene rings is 1. The lowest BCUT2D eigenvalue weighted by Gasteiger charge is -2.11. The normalized spacial score (nSPS) is 11.1. The lowest BCUT2D eigenvalue weighted by atomic mass is 10.1. The molecule has 3 aromatic carbocycles. The average Bonchev–Trinajstić information content (AvgIpc) is 3.36. The van der Waals surface area contributed by atoms with E-state index in [0.29, 0.717) is 16.1 Å². The molecule has 174 valence electrons. The fourth-order valence-corrected chi connectivity index (χ4v) is 4.59. The molecule has 5 nitrogen and oxygen atoms in total. The van der Waals surface area contributed by atoms with Gasteiger partial charge in [0.15, 0.2) is 5.78 Å². The van der Waals surface area contributed by atoms with Crippen LogP contribution in [0, 0.1) is 0 Å². The van der Waals surface area contributed by atoms with Crippen LogP contribution in [0.1, 0.15) is 25.6 Å². The van der Waals surface area contributed by atoms with Crippen LogP contribution in [0.2, 0.25) is 5.02 Å². The number of benzene rings is 3. The lowest BCUT2D eigenvalue weighted by Crippen LogP contribution is -2.37. The second-order valence-corrected chi connectivity index (χ2v) is 9.05. The predicted octanol–water partition coefficient (Wildman–Crippen LogP) is 5.84. The van der Waals surface area contributed by atoms with Gasteiger partial charge in [0.25, 0.3) is 11.8 Å². The Balaban J connectivity index is 1.57. The quantitative estimate of drug-likeness (QED) is 0.236. The summed E-state index contributed by atoms with van der Waals surface area (Å²) >= 11 is 7.75. The van der Waals surface area contributed by atoms with Crippen molar-refractivity contribution in [2.45, 2.75) is 0 Å². The number of nitrogens with one attached hydrogen (secondary N) is 2. The second kappa shape index (κ2) is 11.4. The molecule has 0 aliphatic carbocycles.